The number of hydrogen-bond acceptors (Lipinski definition) is 6. The van der Waals surface area contributed by atoms with Crippen molar-refractivity contribution in [2.24, 2.45) is 0 Å². The summed E-state index contributed by atoms with van der Waals surface area (Å²) < 4.78 is 78.9. The summed E-state index contributed by atoms with van der Waals surface area (Å²) in [6.07, 6.45) is 0.500. The Labute approximate surface area is 348 Å². The van der Waals surface area contributed by atoms with E-state index in [1.54, 1.807) is 18.2 Å². The summed E-state index contributed by atoms with van der Waals surface area (Å²) >= 11 is 0. The van der Waals surface area contributed by atoms with Gasteiger partial charge in [-0.2, -0.15) is 26.3 Å². The summed E-state index contributed by atoms with van der Waals surface area (Å²) in [5, 5.41) is 22.8. The third-order valence-electron chi connectivity index (χ3n) is 10.2. The lowest BCUT2D eigenvalue weighted by Gasteiger charge is -2.19. The second-order valence-corrected chi connectivity index (χ2v) is 15.1. The number of alkyl halides is 6. The van der Waals surface area contributed by atoms with Crippen LogP contribution in [0.5, 0.6) is 0 Å². The van der Waals surface area contributed by atoms with Crippen molar-refractivity contribution in [1.29, 1.82) is 0 Å². The van der Waals surface area contributed by atoms with Gasteiger partial charge in [-0.15, -0.1) is 0 Å². The van der Waals surface area contributed by atoms with Crippen LogP contribution >= 0.6 is 0 Å². The molecule has 0 fully saturated rings. The maximum atomic E-state index is 13.2. The Morgan fingerprint density at radius 1 is 0.557 bits per heavy atom. The number of aliphatic carboxylic acids is 2. The van der Waals surface area contributed by atoms with Gasteiger partial charge in [-0.25, -0.2) is 0 Å². The molecule has 0 saturated carbocycles. The van der Waals surface area contributed by atoms with E-state index < -0.39 is 41.2 Å². The number of allylic oxidation sites excluding steroid dienone is 1. The fourth-order valence-corrected chi connectivity index (χ4v) is 7.06. The van der Waals surface area contributed by atoms with Crippen molar-refractivity contribution in [3.63, 3.8) is 0 Å². The highest BCUT2D eigenvalue weighted by atomic mass is 19.4. The highest BCUT2D eigenvalue weighted by molar-refractivity contribution is 6.13. The molecule has 0 spiro atoms. The molecule has 10 nitrogen and oxygen atoms in total. The van der Waals surface area contributed by atoms with Crippen LogP contribution in [0.25, 0.3) is 6.08 Å². The molecule has 2 aliphatic rings. The van der Waals surface area contributed by atoms with Crippen LogP contribution in [0.4, 0.5) is 37.7 Å². The zero-order valence-electron chi connectivity index (χ0n) is 33.4. The average molecular weight is 859 g/mol. The number of aryl methyl sites for hydroxylation is 2. The van der Waals surface area contributed by atoms with Crippen molar-refractivity contribution < 1.29 is 65.3 Å². The lowest BCUT2D eigenvalue weighted by molar-refractivity contribution is -0.143. The van der Waals surface area contributed by atoms with Crippen LogP contribution < -0.4 is 10.6 Å². The van der Waals surface area contributed by atoms with Crippen LogP contribution in [-0.2, 0) is 44.4 Å². The molecular formula is C45H48F6N2O8. The monoisotopic (exact) mass is 858 g/mol. The molecule has 0 aliphatic heterocycles. The minimum Gasteiger partial charge on any atom is -0.481 e. The number of carboxylic acids is 2. The molecule has 0 saturated heterocycles. The number of rotatable bonds is 17. The molecule has 3 aromatic carbocycles. The first-order valence-corrected chi connectivity index (χ1v) is 20.2. The Hall–Kier alpha value is -5.80. The number of amides is 2. The van der Waals surface area contributed by atoms with Crippen molar-refractivity contribution in [2.45, 2.75) is 122 Å². The number of anilines is 2. The number of Topliss-reactive ketones (excluding diaryl/α,β-unsaturated/α-hetero) is 2. The SMILES string of the molecule is O=C(O)CCCCCCC(=O)Nc1ccc2c(c1)CC/C(=C\c1cc(C(F)(F)F)cc(C(F)(F)F)c1)C2=O.O=C(O)CCCCCCC(=O)Nc1ccc2c(c1)CCCC2=O. The van der Waals surface area contributed by atoms with Gasteiger partial charge in [0.1, 0.15) is 0 Å². The normalized spacial score (nSPS) is 14.4. The summed E-state index contributed by atoms with van der Waals surface area (Å²) in [5.74, 6) is -2.22. The topological polar surface area (TPSA) is 167 Å². The summed E-state index contributed by atoms with van der Waals surface area (Å²) in [6, 6.07) is 11.3. The third-order valence-corrected chi connectivity index (χ3v) is 10.2. The van der Waals surface area contributed by atoms with Crippen LogP contribution in [0.15, 0.2) is 60.2 Å². The minimum absolute atomic E-state index is 0.0367. The van der Waals surface area contributed by atoms with E-state index in [0.717, 1.165) is 55.0 Å². The van der Waals surface area contributed by atoms with E-state index in [1.165, 1.54) is 12.1 Å². The van der Waals surface area contributed by atoms with Gasteiger partial charge in [0, 0.05) is 60.2 Å². The maximum absolute atomic E-state index is 13.2. The van der Waals surface area contributed by atoms with Gasteiger partial charge in [0.05, 0.1) is 11.1 Å². The highest BCUT2D eigenvalue weighted by Crippen LogP contribution is 2.38. The van der Waals surface area contributed by atoms with Gasteiger partial charge in [0.2, 0.25) is 11.8 Å². The van der Waals surface area contributed by atoms with Gasteiger partial charge < -0.3 is 20.8 Å². The summed E-state index contributed by atoms with van der Waals surface area (Å²) in [5.41, 5.74) is 0.699. The quantitative estimate of drug-likeness (QED) is 0.0591. The van der Waals surface area contributed by atoms with E-state index in [-0.39, 0.29) is 66.0 Å². The minimum atomic E-state index is -4.99. The van der Waals surface area contributed by atoms with Gasteiger partial charge in [-0.3, -0.25) is 28.8 Å². The van der Waals surface area contributed by atoms with Crippen LogP contribution in [0.2, 0.25) is 0 Å². The molecule has 5 rings (SSSR count). The fraction of sp³-hybridized carbons (Fsp3) is 0.422. The van der Waals surface area contributed by atoms with Crippen molar-refractivity contribution in [3.05, 3.63) is 99.1 Å². The molecule has 61 heavy (non-hydrogen) atoms. The van der Waals surface area contributed by atoms with Gasteiger partial charge in [-0.1, -0.05) is 25.7 Å². The zero-order chi connectivity index (χ0) is 44.7. The molecule has 16 heteroatoms. The number of ketones is 2. The smallest absolute Gasteiger partial charge is 0.416 e. The highest BCUT2D eigenvalue weighted by Gasteiger charge is 2.37. The Morgan fingerprint density at radius 3 is 1.49 bits per heavy atom. The van der Waals surface area contributed by atoms with Gasteiger partial charge in [-0.05, 0) is 129 Å². The van der Waals surface area contributed by atoms with Crippen LogP contribution in [0, 0.1) is 0 Å². The number of fused-ring (bicyclic) bond motifs is 2. The van der Waals surface area contributed by atoms with E-state index in [4.69, 9.17) is 10.2 Å². The molecule has 2 amide bonds. The number of carbonyl (C=O) groups excluding carboxylic acids is 4. The second kappa shape index (κ2) is 22.2. The first-order chi connectivity index (χ1) is 28.8. The number of unbranched alkanes of at least 4 members (excludes halogenated alkanes) is 6. The summed E-state index contributed by atoms with van der Waals surface area (Å²) in [7, 11) is 0. The van der Waals surface area contributed by atoms with E-state index in [1.807, 2.05) is 6.07 Å². The molecular weight excluding hydrogens is 810 g/mol. The number of hydrogen-bond donors (Lipinski definition) is 4. The molecule has 3 aromatic rings. The van der Waals surface area contributed by atoms with Crippen molar-refractivity contribution >= 4 is 52.8 Å². The van der Waals surface area contributed by atoms with E-state index >= 15 is 0 Å². The van der Waals surface area contributed by atoms with E-state index in [2.05, 4.69) is 10.6 Å². The molecule has 0 bridgehead atoms. The van der Waals surface area contributed by atoms with Crippen molar-refractivity contribution in [3.8, 4) is 0 Å². The van der Waals surface area contributed by atoms with Gasteiger partial charge in [0.25, 0.3) is 0 Å². The van der Waals surface area contributed by atoms with Gasteiger partial charge >= 0.3 is 24.3 Å². The fourth-order valence-electron chi connectivity index (χ4n) is 7.06. The van der Waals surface area contributed by atoms with Crippen LogP contribution in [0.3, 0.4) is 0 Å². The molecule has 0 heterocycles. The Bertz CT molecular complexity index is 2090. The number of benzene rings is 3. The molecule has 4 N–H and O–H groups in total. The number of carboxylic acid groups (broad SMARTS) is 2. The van der Waals surface area contributed by atoms with Crippen LogP contribution in [0.1, 0.15) is 145 Å². The van der Waals surface area contributed by atoms with E-state index in [9.17, 15) is 55.1 Å². The second-order valence-electron chi connectivity index (χ2n) is 15.1. The first kappa shape index (κ1) is 47.9. The van der Waals surface area contributed by atoms with Crippen molar-refractivity contribution in [1.82, 2.24) is 0 Å². The Kier molecular flexibility index (Phi) is 17.4. The van der Waals surface area contributed by atoms with Crippen molar-refractivity contribution in [2.75, 3.05) is 10.6 Å². The van der Waals surface area contributed by atoms with Crippen LogP contribution in [-0.4, -0.2) is 45.5 Å². The number of carbonyl (C=O) groups is 6. The Morgan fingerprint density at radius 2 is 1.02 bits per heavy atom. The number of nitrogens with one attached hydrogen (secondary N) is 2. The molecule has 0 radical (unpaired) electrons. The molecule has 0 atom stereocenters. The molecule has 2 aliphatic carbocycles. The zero-order valence-corrected chi connectivity index (χ0v) is 33.4. The predicted molar refractivity (Wildman–Crippen MR) is 215 cm³/mol. The number of halogens is 6. The van der Waals surface area contributed by atoms with Gasteiger partial charge in [0.15, 0.2) is 11.6 Å². The maximum Gasteiger partial charge on any atom is 0.416 e. The average Bonchev–Trinajstić information content (AvgIpc) is 3.18. The molecule has 0 aromatic heterocycles. The standard InChI is InChI=1S/C27H25F6NO4.C18H23NO4/c28-26(29,30)19-12-16(13-20(15-19)27(31,32)33)11-18-8-7-17-14-21(9-10-22(17)25(18)38)34-23(35)5-3-1-2-4-6-24(36)37;20-16-7-5-6-13-12-14(10-11-15(13)16)19-17(21)8-3-1-2-4-9-18(22)23/h9-15H,1-8H2,(H,34,35)(H,36,37);10-12H,1-9H2,(H,19,21)(H,22,23)/b18-11+;. The lowest BCUT2D eigenvalue weighted by Crippen LogP contribution is -2.16. The molecule has 0 unspecified atom stereocenters. The lowest BCUT2D eigenvalue weighted by atomic mass is 9.85. The summed E-state index contributed by atoms with van der Waals surface area (Å²) in [4.78, 5) is 69.7. The predicted octanol–water partition coefficient (Wildman–Crippen LogP) is 10.9. The van der Waals surface area contributed by atoms with E-state index in [0.29, 0.717) is 74.8 Å². The first-order valence-electron chi connectivity index (χ1n) is 20.2. The molecule has 328 valence electrons. The largest absolute Gasteiger partial charge is 0.481 e. The summed E-state index contributed by atoms with van der Waals surface area (Å²) in [6.45, 7) is 0. The third kappa shape index (κ3) is 15.6. The Balaban J connectivity index is 0.000000303.